The number of amides is 4. The Hall–Kier alpha value is -4.01. The molecule has 0 unspecified atom stereocenters. The quantitative estimate of drug-likeness (QED) is 0.241. The maximum Gasteiger partial charge on any atom is 0.331 e. The number of carbonyl (C=O) groups is 3. The molecule has 5 aliphatic carbocycles. The monoisotopic (exact) mass is 668 g/mol. The summed E-state index contributed by atoms with van der Waals surface area (Å²) in [5.74, 6) is 3.89. The number of methoxy groups -OCH3 is 2. The summed E-state index contributed by atoms with van der Waals surface area (Å²) in [6.07, 6.45) is 12.1. The molecule has 0 atom stereocenters. The van der Waals surface area contributed by atoms with Crippen LogP contribution in [0.25, 0.3) is 10.9 Å². The van der Waals surface area contributed by atoms with Gasteiger partial charge >= 0.3 is 6.03 Å². The second-order valence-corrected chi connectivity index (χ2v) is 15.3. The summed E-state index contributed by atoms with van der Waals surface area (Å²) in [6.45, 7) is 2.76. The summed E-state index contributed by atoms with van der Waals surface area (Å²) >= 11 is 0. The van der Waals surface area contributed by atoms with Gasteiger partial charge in [0.05, 0.1) is 14.2 Å². The van der Waals surface area contributed by atoms with Crippen LogP contribution in [0.2, 0.25) is 0 Å². The molecule has 5 saturated carbocycles. The third kappa shape index (κ3) is 6.65. The van der Waals surface area contributed by atoms with Crippen molar-refractivity contribution in [2.75, 3.05) is 32.7 Å². The number of urea groups is 1. The third-order valence-electron chi connectivity index (χ3n) is 12.0. The van der Waals surface area contributed by atoms with E-state index in [1.807, 2.05) is 54.0 Å². The Balaban J connectivity index is 1.14. The van der Waals surface area contributed by atoms with Crippen LogP contribution in [-0.2, 0) is 11.3 Å². The summed E-state index contributed by atoms with van der Waals surface area (Å²) in [5, 5.41) is 4.32. The SMILES string of the molecule is COc1cc(C)cc(OC)c1N(CC1CCCCC1)C(=O)N(C)C(=O)c1cc2ccccc2n1CCC(=O)NC1C2CC3CC(C2)CC1C3. The number of para-hydroxylation sites is 1. The molecular formula is C40H52N4O5. The first-order valence-electron chi connectivity index (χ1n) is 18.4. The topological polar surface area (TPSA) is 93.1 Å². The van der Waals surface area contributed by atoms with E-state index >= 15 is 0 Å². The molecule has 1 aromatic heterocycles. The zero-order chi connectivity index (χ0) is 34.2. The molecule has 8 rings (SSSR count). The van der Waals surface area contributed by atoms with Crippen LogP contribution in [0.5, 0.6) is 11.5 Å². The fourth-order valence-electron chi connectivity index (χ4n) is 9.88. The molecule has 0 radical (unpaired) electrons. The van der Waals surface area contributed by atoms with Crippen LogP contribution in [0.15, 0.2) is 42.5 Å². The number of nitrogens with one attached hydrogen (secondary N) is 1. The summed E-state index contributed by atoms with van der Waals surface area (Å²) < 4.78 is 13.5. The highest BCUT2D eigenvalue weighted by Crippen LogP contribution is 2.53. The lowest BCUT2D eigenvalue weighted by Gasteiger charge is -2.54. The molecule has 5 fully saturated rings. The van der Waals surface area contributed by atoms with Gasteiger partial charge < -0.3 is 19.4 Å². The van der Waals surface area contributed by atoms with Crippen molar-refractivity contribution in [3.8, 4) is 11.5 Å². The average molecular weight is 669 g/mol. The third-order valence-corrected chi connectivity index (χ3v) is 12.0. The van der Waals surface area contributed by atoms with Gasteiger partial charge in [-0.2, -0.15) is 0 Å². The number of nitrogens with zero attached hydrogens (tertiary/aromatic N) is 3. The number of aromatic nitrogens is 1. The number of benzene rings is 2. The standard InChI is InChI=1S/C40H52N4O5/c1-25-16-34(48-3)38(35(17-25)49-4)44(24-26-10-6-5-7-11-26)40(47)42(2)39(46)33-23-29-12-8-9-13-32(29)43(33)15-14-36(45)41-37-30-19-27-18-28(21-30)22-31(37)20-27/h8-9,12-13,16-17,23,26-28,30-31,37H,5-7,10-11,14-15,18-22,24H2,1-4H3,(H,41,45). The molecule has 0 aliphatic heterocycles. The smallest absolute Gasteiger partial charge is 0.331 e. The molecule has 9 heteroatoms. The molecule has 262 valence electrons. The maximum absolute atomic E-state index is 14.5. The highest BCUT2D eigenvalue weighted by Gasteiger charge is 2.48. The maximum atomic E-state index is 14.5. The fourth-order valence-corrected chi connectivity index (χ4v) is 9.88. The second kappa shape index (κ2) is 14.1. The Morgan fingerprint density at radius 1 is 0.878 bits per heavy atom. The Morgan fingerprint density at radius 3 is 2.14 bits per heavy atom. The van der Waals surface area contributed by atoms with Gasteiger partial charge in [-0.15, -0.1) is 0 Å². The van der Waals surface area contributed by atoms with Crippen LogP contribution in [0.1, 0.15) is 86.7 Å². The first-order chi connectivity index (χ1) is 23.7. The summed E-state index contributed by atoms with van der Waals surface area (Å²) in [4.78, 5) is 45.3. The Morgan fingerprint density at radius 2 is 1.51 bits per heavy atom. The van der Waals surface area contributed by atoms with Crippen molar-refractivity contribution in [1.29, 1.82) is 0 Å². The number of imide groups is 1. The number of aryl methyl sites for hydroxylation is 2. The van der Waals surface area contributed by atoms with Crippen molar-refractivity contribution >= 4 is 34.4 Å². The van der Waals surface area contributed by atoms with Crippen molar-refractivity contribution < 1.29 is 23.9 Å². The van der Waals surface area contributed by atoms with Crippen LogP contribution in [-0.4, -0.2) is 61.2 Å². The molecule has 3 aromatic rings. The van der Waals surface area contributed by atoms with Crippen molar-refractivity contribution in [2.45, 2.75) is 90.1 Å². The fraction of sp³-hybridized carbons (Fsp3) is 0.575. The first-order valence-corrected chi connectivity index (χ1v) is 18.4. The lowest BCUT2D eigenvalue weighted by atomic mass is 9.54. The molecule has 5 aliphatic rings. The number of anilines is 1. The lowest BCUT2D eigenvalue weighted by molar-refractivity contribution is -0.125. The highest BCUT2D eigenvalue weighted by atomic mass is 16.5. The van der Waals surface area contributed by atoms with E-state index in [1.54, 1.807) is 26.2 Å². The van der Waals surface area contributed by atoms with Crippen molar-refractivity contribution in [3.63, 3.8) is 0 Å². The molecule has 9 nitrogen and oxygen atoms in total. The number of ether oxygens (including phenoxy) is 2. The first kappa shape index (κ1) is 33.5. The van der Waals surface area contributed by atoms with Crippen LogP contribution >= 0.6 is 0 Å². The zero-order valence-corrected chi connectivity index (χ0v) is 29.6. The van der Waals surface area contributed by atoms with Crippen molar-refractivity contribution in [1.82, 2.24) is 14.8 Å². The predicted molar refractivity (Wildman–Crippen MR) is 191 cm³/mol. The van der Waals surface area contributed by atoms with Crippen LogP contribution in [0, 0.1) is 36.5 Å². The molecule has 49 heavy (non-hydrogen) atoms. The molecule has 1 N–H and O–H groups in total. The van der Waals surface area contributed by atoms with Crippen molar-refractivity contribution in [3.05, 3.63) is 53.7 Å². The van der Waals surface area contributed by atoms with E-state index in [1.165, 1.54) is 43.4 Å². The van der Waals surface area contributed by atoms with E-state index in [0.717, 1.165) is 54.0 Å². The lowest BCUT2D eigenvalue weighted by Crippen LogP contribution is -2.55. The minimum atomic E-state index is -0.438. The normalized spacial score (nSPS) is 24.5. The molecule has 1 heterocycles. The number of fused-ring (bicyclic) bond motifs is 1. The molecule has 0 saturated heterocycles. The van der Waals surface area contributed by atoms with E-state index in [2.05, 4.69) is 5.32 Å². The van der Waals surface area contributed by atoms with Gasteiger partial charge in [-0.1, -0.05) is 37.5 Å². The van der Waals surface area contributed by atoms with Crippen LogP contribution in [0.4, 0.5) is 10.5 Å². The number of hydrogen-bond acceptors (Lipinski definition) is 5. The summed E-state index contributed by atoms with van der Waals surface area (Å²) in [7, 11) is 4.73. The van der Waals surface area contributed by atoms with Crippen LogP contribution < -0.4 is 19.7 Å². The van der Waals surface area contributed by atoms with E-state index in [4.69, 9.17) is 9.47 Å². The van der Waals surface area contributed by atoms with Gasteiger partial charge in [-0.25, -0.2) is 4.79 Å². The van der Waals surface area contributed by atoms with Crippen LogP contribution in [0.3, 0.4) is 0 Å². The molecule has 2 aromatic carbocycles. The molecule has 0 spiro atoms. The molecule has 4 bridgehead atoms. The van der Waals surface area contributed by atoms with E-state index in [0.29, 0.717) is 53.7 Å². The van der Waals surface area contributed by atoms with Gasteiger partial charge in [-0.05, 0) is 111 Å². The minimum absolute atomic E-state index is 0.0373. The number of carbonyl (C=O) groups excluding carboxylic acids is 3. The number of hydrogen-bond donors (Lipinski definition) is 1. The van der Waals surface area contributed by atoms with Gasteiger partial charge in [-0.3, -0.25) is 19.4 Å². The Kier molecular flexibility index (Phi) is 9.62. The second-order valence-electron chi connectivity index (χ2n) is 15.3. The van der Waals surface area contributed by atoms with Gasteiger partial charge in [0.2, 0.25) is 5.91 Å². The van der Waals surface area contributed by atoms with E-state index < -0.39 is 11.9 Å². The van der Waals surface area contributed by atoms with E-state index in [9.17, 15) is 14.4 Å². The molecule has 4 amide bonds. The molecular weight excluding hydrogens is 616 g/mol. The number of rotatable bonds is 10. The summed E-state index contributed by atoms with van der Waals surface area (Å²) in [6, 6.07) is 13.3. The van der Waals surface area contributed by atoms with E-state index in [-0.39, 0.29) is 18.4 Å². The van der Waals surface area contributed by atoms with Gasteiger partial charge in [0.15, 0.2) is 0 Å². The van der Waals surface area contributed by atoms with Gasteiger partial charge in [0.25, 0.3) is 5.91 Å². The summed E-state index contributed by atoms with van der Waals surface area (Å²) in [5.41, 5.74) is 2.74. The predicted octanol–water partition coefficient (Wildman–Crippen LogP) is 7.58. The van der Waals surface area contributed by atoms with Crippen molar-refractivity contribution in [2.24, 2.45) is 29.6 Å². The zero-order valence-electron chi connectivity index (χ0n) is 29.6. The highest BCUT2D eigenvalue weighted by molar-refractivity contribution is 6.10. The minimum Gasteiger partial charge on any atom is -0.494 e. The Labute approximate surface area is 290 Å². The van der Waals surface area contributed by atoms with Gasteiger partial charge in [0, 0.05) is 43.5 Å². The largest absolute Gasteiger partial charge is 0.494 e. The Bertz CT molecular complexity index is 1650. The average Bonchev–Trinajstić information content (AvgIpc) is 3.48. The van der Waals surface area contributed by atoms with Gasteiger partial charge in [0.1, 0.15) is 22.9 Å².